The number of fused-ring (bicyclic) bond motifs is 1. The molecule has 0 saturated carbocycles. The van der Waals surface area contributed by atoms with Gasteiger partial charge in [0.15, 0.2) is 16.3 Å². The predicted molar refractivity (Wildman–Crippen MR) is 55.6 cm³/mol. The fourth-order valence-corrected chi connectivity index (χ4v) is 1.49. The van der Waals surface area contributed by atoms with Crippen LogP contribution in [-0.2, 0) is 3.83 Å². The molecule has 2 rings (SSSR count). The summed E-state index contributed by atoms with van der Waals surface area (Å²) in [4.78, 5) is 11.1. The van der Waals surface area contributed by atoms with Gasteiger partial charge in [-0.1, -0.05) is 11.6 Å². The van der Waals surface area contributed by atoms with Gasteiger partial charge in [-0.2, -0.15) is 0 Å². The Balaban J connectivity index is 2.56. The molecule has 0 aliphatic heterocycles. The number of hydrogen-bond donors (Lipinski definition) is 0. The van der Waals surface area contributed by atoms with Crippen molar-refractivity contribution >= 4 is 44.8 Å². The molecule has 0 spiro atoms. The molecule has 1 heterocycles. The highest BCUT2D eigenvalue weighted by Crippen LogP contribution is 2.23. The number of hydrogen-bond acceptors (Lipinski definition) is 3. The predicted octanol–water partition coefficient (Wildman–Crippen LogP) is 3.55. The van der Waals surface area contributed by atoms with Gasteiger partial charge in [-0.25, -0.2) is 4.79 Å². The van der Waals surface area contributed by atoms with Gasteiger partial charge in [0.05, 0.1) is 0 Å². The van der Waals surface area contributed by atoms with Crippen molar-refractivity contribution in [2.45, 2.75) is 0 Å². The third kappa shape index (κ3) is 1.63. The first-order valence-electron chi connectivity index (χ1n) is 3.73. The molecule has 0 aliphatic rings. The molecule has 0 amide bonds. The van der Waals surface area contributed by atoms with Crippen LogP contribution in [0.15, 0.2) is 28.7 Å². The molecule has 1 aromatic heterocycles. The van der Waals surface area contributed by atoms with E-state index in [1.54, 1.807) is 24.3 Å². The Morgan fingerprint density at radius 3 is 2.93 bits per heavy atom. The minimum absolute atomic E-state index is 0.138. The maximum atomic E-state index is 11.1. The third-order valence-corrected chi connectivity index (χ3v) is 2.28. The van der Waals surface area contributed by atoms with E-state index in [1.165, 1.54) is 0 Å². The van der Waals surface area contributed by atoms with E-state index >= 15 is 0 Å². The van der Waals surface area contributed by atoms with Gasteiger partial charge in [0, 0.05) is 10.4 Å². The zero-order chi connectivity index (χ0) is 10.1. The Morgan fingerprint density at radius 1 is 1.43 bits per heavy atom. The highest BCUT2D eigenvalue weighted by atomic mass is 79.9. The number of furan rings is 1. The molecule has 0 aliphatic carbocycles. The van der Waals surface area contributed by atoms with Crippen LogP contribution >= 0.6 is 27.9 Å². The van der Waals surface area contributed by atoms with E-state index in [-0.39, 0.29) is 5.76 Å². The molecule has 0 fully saturated rings. The van der Waals surface area contributed by atoms with E-state index in [2.05, 4.69) is 20.1 Å². The lowest BCUT2D eigenvalue weighted by Gasteiger charge is -1.88. The average molecular weight is 275 g/mol. The van der Waals surface area contributed by atoms with Crippen molar-refractivity contribution in [2.24, 2.45) is 0 Å². The standard InChI is InChI=1S/C9H4BrClO3/c10-14-9(12)8-4-5-3-6(11)1-2-7(5)13-8/h1-4H. The van der Waals surface area contributed by atoms with Gasteiger partial charge < -0.3 is 8.25 Å². The quantitative estimate of drug-likeness (QED) is 0.799. The molecule has 5 heteroatoms. The number of carbonyl (C=O) groups excluding carboxylic acids is 1. The van der Waals surface area contributed by atoms with Crippen LogP contribution < -0.4 is 0 Å². The summed E-state index contributed by atoms with van der Waals surface area (Å²) in [5.41, 5.74) is 0.599. The van der Waals surface area contributed by atoms with E-state index in [0.29, 0.717) is 10.6 Å². The molecule has 0 atom stereocenters. The molecular weight excluding hydrogens is 271 g/mol. The normalized spacial score (nSPS) is 10.4. The summed E-state index contributed by atoms with van der Waals surface area (Å²) in [5.74, 6) is -0.434. The van der Waals surface area contributed by atoms with Crippen molar-refractivity contribution in [3.8, 4) is 0 Å². The number of halogens is 2. The number of carbonyl (C=O) groups is 1. The topological polar surface area (TPSA) is 39.4 Å². The molecule has 0 radical (unpaired) electrons. The lowest BCUT2D eigenvalue weighted by molar-refractivity contribution is 0.0752. The summed E-state index contributed by atoms with van der Waals surface area (Å²) in [6.45, 7) is 0. The van der Waals surface area contributed by atoms with Crippen LogP contribution in [0.1, 0.15) is 10.6 Å². The van der Waals surface area contributed by atoms with Crippen LogP contribution in [0.2, 0.25) is 5.02 Å². The van der Waals surface area contributed by atoms with Crippen LogP contribution in [-0.4, -0.2) is 5.97 Å². The Morgan fingerprint density at radius 2 is 2.21 bits per heavy atom. The summed E-state index contributed by atoms with van der Waals surface area (Å²) in [5, 5.41) is 1.36. The zero-order valence-electron chi connectivity index (χ0n) is 6.79. The molecule has 0 unspecified atom stereocenters. The van der Waals surface area contributed by atoms with Crippen LogP contribution in [0, 0.1) is 0 Å². The fraction of sp³-hybridized carbons (Fsp3) is 0. The molecule has 3 nitrogen and oxygen atoms in total. The van der Waals surface area contributed by atoms with Crippen molar-refractivity contribution < 1.29 is 13.0 Å². The molecule has 0 N–H and O–H groups in total. The highest BCUT2D eigenvalue weighted by molar-refractivity contribution is 9.06. The first-order chi connectivity index (χ1) is 6.70. The van der Waals surface area contributed by atoms with E-state index < -0.39 is 5.97 Å². The van der Waals surface area contributed by atoms with E-state index in [4.69, 9.17) is 16.0 Å². The van der Waals surface area contributed by atoms with Crippen LogP contribution in [0.3, 0.4) is 0 Å². The van der Waals surface area contributed by atoms with Gasteiger partial charge in [-0.05, 0) is 24.3 Å². The van der Waals surface area contributed by atoms with Crippen LogP contribution in [0.5, 0.6) is 0 Å². The summed E-state index contributed by atoms with van der Waals surface area (Å²) in [6, 6.07) is 6.68. The van der Waals surface area contributed by atoms with Gasteiger partial charge in [0.2, 0.25) is 5.76 Å². The zero-order valence-corrected chi connectivity index (χ0v) is 9.13. The van der Waals surface area contributed by atoms with E-state index in [0.717, 1.165) is 5.39 Å². The summed E-state index contributed by atoms with van der Waals surface area (Å²) < 4.78 is 9.56. The molecule has 72 valence electrons. The first kappa shape index (κ1) is 9.55. The fourth-order valence-electron chi connectivity index (χ4n) is 1.15. The smallest absolute Gasteiger partial charge is 0.385 e. The van der Waals surface area contributed by atoms with Gasteiger partial charge in [0.25, 0.3) is 0 Å². The second-order valence-corrected chi connectivity index (χ2v) is 3.42. The van der Waals surface area contributed by atoms with E-state index in [9.17, 15) is 4.79 Å². The monoisotopic (exact) mass is 274 g/mol. The molecule has 0 saturated heterocycles. The number of rotatable bonds is 1. The molecular formula is C9H4BrClO3. The molecule has 2 aromatic rings. The van der Waals surface area contributed by atoms with Crippen LogP contribution in [0.25, 0.3) is 11.0 Å². The van der Waals surface area contributed by atoms with Crippen molar-refractivity contribution in [1.29, 1.82) is 0 Å². The SMILES string of the molecule is O=C(OBr)c1cc2cc(Cl)ccc2o1. The second kappa shape index (κ2) is 3.63. The van der Waals surface area contributed by atoms with E-state index in [1.807, 2.05) is 0 Å². The van der Waals surface area contributed by atoms with Crippen molar-refractivity contribution in [1.82, 2.24) is 0 Å². The van der Waals surface area contributed by atoms with Gasteiger partial charge in [0.1, 0.15) is 5.58 Å². The van der Waals surface area contributed by atoms with Gasteiger partial charge in [-0.3, -0.25) is 0 Å². The van der Waals surface area contributed by atoms with Crippen molar-refractivity contribution in [3.05, 3.63) is 35.0 Å². The molecule has 1 aromatic carbocycles. The van der Waals surface area contributed by atoms with Crippen molar-refractivity contribution in [3.63, 3.8) is 0 Å². The second-order valence-electron chi connectivity index (χ2n) is 2.66. The van der Waals surface area contributed by atoms with Crippen LogP contribution in [0.4, 0.5) is 0 Å². The Labute approximate surface area is 93.0 Å². The minimum Gasteiger partial charge on any atom is -0.449 e. The van der Waals surface area contributed by atoms with Gasteiger partial charge >= 0.3 is 5.97 Å². The Kier molecular flexibility index (Phi) is 2.48. The summed E-state index contributed by atoms with van der Waals surface area (Å²) >= 11 is 8.36. The summed E-state index contributed by atoms with van der Waals surface area (Å²) in [7, 11) is 0. The maximum Gasteiger partial charge on any atom is 0.385 e. The average Bonchev–Trinajstić information content (AvgIpc) is 2.59. The lowest BCUT2D eigenvalue weighted by atomic mass is 10.2. The molecule has 14 heavy (non-hydrogen) atoms. The molecule has 0 bridgehead atoms. The number of benzene rings is 1. The Bertz CT molecular complexity index is 492. The summed E-state index contributed by atoms with van der Waals surface area (Å²) in [6.07, 6.45) is 0. The maximum absolute atomic E-state index is 11.1. The Hall–Kier alpha value is -1.00. The van der Waals surface area contributed by atoms with Gasteiger partial charge in [-0.15, -0.1) is 0 Å². The first-order valence-corrected chi connectivity index (χ1v) is 4.75. The van der Waals surface area contributed by atoms with Crippen molar-refractivity contribution in [2.75, 3.05) is 0 Å². The largest absolute Gasteiger partial charge is 0.449 e. The lowest BCUT2D eigenvalue weighted by Crippen LogP contribution is -1.93. The minimum atomic E-state index is -0.572. The highest BCUT2D eigenvalue weighted by Gasteiger charge is 2.12. The third-order valence-electron chi connectivity index (χ3n) is 1.75.